The second-order valence-electron chi connectivity index (χ2n) is 2.41. The van der Waals surface area contributed by atoms with Crippen molar-refractivity contribution >= 4 is 26.2 Å². The first-order valence-corrected chi connectivity index (χ1v) is 6.00. The van der Waals surface area contributed by atoms with Crippen molar-refractivity contribution in [3.63, 3.8) is 0 Å². The van der Waals surface area contributed by atoms with Gasteiger partial charge in [-0.1, -0.05) is 5.70 Å². The Hall–Kier alpha value is -1.42. The smallest absolute Gasteiger partial charge is 0.305 e. The maximum absolute atomic E-state index is 10.6. The van der Waals surface area contributed by atoms with Gasteiger partial charge in [0.1, 0.15) is 22.6 Å². The van der Waals surface area contributed by atoms with Gasteiger partial charge in [0.05, 0.1) is 0 Å². The minimum Gasteiger partial charge on any atom is -0.465 e. The van der Waals surface area contributed by atoms with Crippen LogP contribution in [0.3, 0.4) is 0 Å². The van der Waals surface area contributed by atoms with Gasteiger partial charge in [-0.3, -0.25) is 4.79 Å². The van der Waals surface area contributed by atoms with Gasteiger partial charge in [-0.2, -0.15) is 10.5 Å². The van der Waals surface area contributed by atoms with Crippen LogP contribution in [-0.2, 0) is 13.6 Å². The van der Waals surface area contributed by atoms with Crippen LogP contribution in [-0.4, -0.2) is 31.8 Å². The van der Waals surface area contributed by atoms with Gasteiger partial charge in [-0.25, -0.2) is 0 Å². The third-order valence-corrected chi connectivity index (χ3v) is 3.01. The second-order valence-corrected chi connectivity index (χ2v) is 5.52. The quantitative estimate of drug-likeness (QED) is 0.418. The predicted molar refractivity (Wildman–Crippen MR) is 54.4 cm³/mol. The summed E-state index contributed by atoms with van der Waals surface area (Å²) in [4.78, 5) is 10.6. The lowest BCUT2D eigenvalue weighted by atomic mass is 10.1. The average Bonchev–Trinajstić information content (AvgIpc) is 2.16. The molecule has 0 spiro atoms. The zero-order chi connectivity index (χ0) is 11.0. The minimum atomic E-state index is -1.79. The Balaban J connectivity index is 4.66. The van der Waals surface area contributed by atoms with Crippen LogP contribution in [0.25, 0.3) is 0 Å². The van der Waals surface area contributed by atoms with Crippen molar-refractivity contribution < 1.29 is 13.6 Å². The van der Waals surface area contributed by atoms with Crippen LogP contribution in [0.15, 0.2) is 11.8 Å². The highest BCUT2D eigenvalue weighted by Crippen LogP contribution is 2.10. The van der Waals surface area contributed by atoms with Crippen molar-refractivity contribution in [1.82, 2.24) is 0 Å². The minimum absolute atomic E-state index is 0.628. The lowest BCUT2D eigenvalue weighted by Crippen LogP contribution is -2.28. The Morgan fingerprint density at radius 2 is 2.14 bits per heavy atom. The van der Waals surface area contributed by atoms with Crippen LogP contribution in [0.1, 0.15) is 6.92 Å². The molecule has 0 heterocycles. The van der Waals surface area contributed by atoms with E-state index < -0.39 is 21.3 Å². The van der Waals surface area contributed by atoms with Crippen LogP contribution in [0.4, 0.5) is 0 Å². The summed E-state index contributed by atoms with van der Waals surface area (Å²) in [6.07, 6.45) is 1.28. The average molecular weight is 226 g/mol. The molecule has 0 N–H and O–H groups in total. The zero-order valence-corrected chi connectivity index (χ0v) is 11.4. The van der Waals surface area contributed by atoms with Gasteiger partial charge >= 0.3 is 11.6 Å². The van der Waals surface area contributed by atoms with Gasteiger partial charge in [-0.15, -0.1) is 0 Å². The normalized spacial score (nSPS) is 11.6. The fraction of sp³-hybridized carbons (Fsp3) is 0.286. The molecule has 74 valence electrons. The van der Waals surface area contributed by atoms with E-state index in [1.807, 2.05) is 0 Å². The van der Waals surface area contributed by atoms with Crippen molar-refractivity contribution in [3.05, 3.63) is 11.8 Å². The number of nitriles is 2. The SMILES string of the molecule is CC(=O)OC(C#N)(C#N)C=C[SiH2]O[SiH3]. The summed E-state index contributed by atoms with van der Waals surface area (Å²) in [5.74, 6) is -0.661. The lowest BCUT2D eigenvalue weighted by molar-refractivity contribution is -0.145. The summed E-state index contributed by atoms with van der Waals surface area (Å²) in [5.41, 5.74) is -0.179. The summed E-state index contributed by atoms with van der Waals surface area (Å²) < 4.78 is 9.58. The molecule has 0 aromatic rings. The van der Waals surface area contributed by atoms with Gasteiger partial charge in [0, 0.05) is 6.92 Å². The molecule has 5 nitrogen and oxygen atoms in total. The summed E-state index contributed by atoms with van der Waals surface area (Å²) >= 11 is 0. The maximum atomic E-state index is 10.6. The van der Waals surface area contributed by atoms with E-state index >= 15 is 0 Å². The number of carbonyl (C=O) groups excluding carboxylic acids is 1. The first-order valence-electron chi connectivity index (χ1n) is 3.79. The molecule has 0 aliphatic carbocycles. The fourth-order valence-electron chi connectivity index (χ4n) is 0.716. The monoisotopic (exact) mass is 226 g/mol. The van der Waals surface area contributed by atoms with E-state index in [-0.39, 0.29) is 0 Å². The van der Waals surface area contributed by atoms with Crippen molar-refractivity contribution in [2.24, 2.45) is 0 Å². The Morgan fingerprint density at radius 1 is 1.57 bits per heavy atom. The Labute approximate surface area is 87.4 Å². The van der Waals surface area contributed by atoms with Crippen LogP contribution >= 0.6 is 0 Å². The van der Waals surface area contributed by atoms with Crippen LogP contribution in [0.2, 0.25) is 0 Å². The highest BCUT2D eigenvalue weighted by molar-refractivity contribution is 6.40. The molecule has 0 saturated carbocycles. The number of hydrogen-bond donors (Lipinski definition) is 0. The molecule has 0 bridgehead atoms. The Kier molecular flexibility index (Phi) is 5.48. The van der Waals surface area contributed by atoms with Gasteiger partial charge in [0.25, 0.3) is 0 Å². The number of rotatable bonds is 4. The number of ether oxygens (including phenoxy) is 1. The molecule has 0 saturated heterocycles. The molecule has 0 aromatic carbocycles. The number of nitrogens with zero attached hydrogens (tertiary/aromatic N) is 2. The van der Waals surface area contributed by atoms with Crippen LogP contribution in [0.5, 0.6) is 0 Å². The lowest BCUT2D eigenvalue weighted by Gasteiger charge is -2.13. The van der Waals surface area contributed by atoms with Crippen molar-refractivity contribution in [1.29, 1.82) is 10.5 Å². The van der Waals surface area contributed by atoms with Gasteiger partial charge < -0.3 is 8.85 Å². The molecule has 14 heavy (non-hydrogen) atoms. The molecule has 0 aliphatic heterocycles. The molecule has 0 atom stereocenters. The largest absolute Gasteiger partial charge is 0.465 e. The molecule has 0 aromatic heterocycles. The first-order chi connectivity index (χ1) is 6.60. The standard InChI is InChI=1S/C7H10N2O3Si2/c1-6(10)11-7(4-8,5-9)2-3-14-12-13/h2-3H,14H2,1,13H3. The first kappa shape index (κ1) is 12.6. The third kappa shape index (κ3) is 4.00. The topological polar surface area (TPSA) is 83.1 Å². The third-order valence-electron chi connectivity index (χ3n) is 1.25. The molecule has 0 aliphatic rings. The Morgan fingerprint density at radius 3 is 2.50 bits per heavy atom. The van der Waals surface area contributed by atoms with Crippen LogP contribution < -0.4 is 0 Å². The highest BCUT2D eigenvalue weighted by atomic mass is 28.3. The van der Waals surface area contributed by atoms with E-state index in [0.717, 1.165) is 6.92 Å². The van der Waals surface area contributed by atoms with E-state index in [1.165, 1.54) is 6.08 Å². The highest BCUT2D eigenvalue weighted by Gasteiger charge is 2.29. The maximum Gasteiger partial charge on any atom is 0.305 e. The van der Waals surface area contributed by atoms with Gasteiger partial charge in [0.15, 0.2) is 9.76 Å². The summed E-state index contributed by atoms with van der Waals surface area (Å²) in [7, 11) is -0.195. The summed E-state index contributed by atoms with van der Waals surface area (Å²) in [5, 5.41) is 17.4. The van der Waals surface area contributed by atoms with E-state index in [9.17, 15) is 4.79 Å². The molecule has 0 rings (SSSR count). The van der Waals surface area contributed by atoms with Gasteiger partial charge in [-0.05, 0) is 6.08 Å². The van der Waals surface area contributed by atoms with E-state index in [4.69, 9.17) is 14.6 Å². The molecular formula is C7H10N2O3Si2. The van der Waals surface area contributed by atoms with E-state index in [2.05, 4.69) is 4.74 Å². The van der Waals surface area contributed by atoms with Crippen molar-refractivity contribution in [2.45, 2.75) is 12.5 Å². The number of carbonyl (C=O) groups is 1. The summed E-state index contributed by atoms with van der Waals surface area (Å²) in [6, 6.07) is 3.29. The van der Waals surface area contributed by atoms with E-state index in [1.54, 1.807) is 17.8 Å². The Bertz CT molecular complexity index is 302. The predicted octanol–water partition coefficient (Wildman–Crippen LogP) is -1.77. The molecule has 7 heteroatoms. The molecule has 0 amide bonds. The summed E-state index contributed by atoms with van der Waals surface area (Å²) in [6.45, 7) is 1.15. The fourth-order valence-corrected chi connectivity index (χ4v) is 1.91. The molecule has 0 unspecified atom stereocenters. The van der Waals surface area contributed by atoms with Crippen molar-refractivity contribution in [2.75, 3.05) is 0 Å². The molecule has 0 radical (unpaired) electrons. The number of hydrogen-bond acceptors (Lipinski definition) is 5. The van der Waals surface area contributed by atoms with Crippen molar-refractivity contribution in [3.8, 4) is 12.1 Å². The zero-order valence-electron chi connectivity index (χ0n) is 7.98. The van der Waals surface area contributed by atoms with E-state index in [0.29, 0.717) is 10.5 Å². The molecule has 0 fully saturated rings. The van der Waals surface area contributed by atoms with Gasteiger partial charge in [0.2, 0.25) is 0 Å². The number of esters is 1. The van der Waals surface area contributed by atoms with Crippen LogP contribution in [0, 0.1) is 22.7 Å². The molecular weight excluding hydrogens is 216 g/mol. The second kappa shape index (κ2) is 6.10.